The molecule has 1 saturated carbocycles. The second-order valence-corrected chi connectivity index (χ2v) is 8.73. The molecule has 1 aromatic rings. The van der Waals surface area contributed by atoms with Crippen molar-refractivity contribution in [2.45, 2.75) is 52.2 Å². The molecule has 2 atom stereocenters. The molecular formula is C21H25N3O4. The van der Waals surface area contributed by atoms with Gasteiger partial charge in [-0.2, -0.15) is 5.26 Å². The number of ether oxygens (including phenoxy) is 1. The molecule has 2 aliphatic rings. The normalized spacial score (nSPS) is 26.1. The van der Waals surface area contributed by atoms with Gasteiger partial charge in [0.25, 0.3) is 5.91 Å². The lowest BCUT2D eigenvalue weighted by atomic mass is 9.64. The van der Waals surface area contributed by atoms with E-state index in [4.69, 9.17) is 10.00 Å². The van der Waals surface area contributed by atoms with Crippen molar-refractivity contribution < 1.29 is 19.1 Å². The molecule has 3 rings (SSSR count). The molecule has 2 fully saturated rings. The van der Waals surface area contributed by atoms with Crippen LogP contribution in [0.15, 0.2) is 24.3 Å². The number of urea groups is 1. The Morgan fingerprint density at radius 3 is 2.79 bits per heavy atom. The SMILES string of the molecule is C[C@@H]1CC(C)(C)C[C@]2(C1)NC(=O)N(CC(=O)OCc1cccc(C#N)c1)C2=O. The van der Waals surface area contributed by atoms with Crippen molar-refractivity contribution in [2.75, 3.05) is 6.54 Å². The van der Waals surface area contributed by atoms with Gasteiger partial charge in [-0.25, -0.2) is 4.79 Å². The average molecular weight is 383 g/mol. The van der Waals surface area contributed by atoms with E-state index in [9.17, 15) is 14.4 Å². The standard InChI is InChI=1S/C21H25N3O4/c1-14-8-20(2,3)13-21(9-14)18(26)24(19(27)23-21)11-17(25)28-12-16-6-4-5-15(7-16)10-22/h4-7,14H,8-9,11-13H2,1-3H3,(H,23,27)/t14-,21+/m1/s1. The molecule has 0 aromatic heterocycles. The summed E-state index contributed by atoms with van der Waals surface area (Å²) >= 11 is 0. The summed E-state index contributed by atoms with van der Waals surface area (Å²) in [6.07, 6.45) is 2.12. The summed E-state index contributed by atoms with van der Waals surface area (Å²) < 4.78 is 5.20. The highest BCUT2D eigenvalue weighted by Crippen LogP contribution is 2.46. The monoisotopic (exact) mass is 383 g/mol. The number of nitrogens with one attached hydrogen (secondary N) is 1. The zero-order valence-electron chi connectivity index (χ0n) is 16.4. The number of hydrogen-bond donors (Lipinski definition) is 1. The summed E-state index contributed by atoms with van der Waals surface area (Å²) in [6.45, 7) is 5.83. The van der Waals surface area contributed by atoms with Crippen LogP contribution in [0.25, 0.3) is 0 Å². The maximum Gasteiger partial charge on any atom is 0.326 e. The van der Waals surface area contributed by atoms with Crippen LogP contribution >= 0.6 is 0 Å². The number of carbonyl (C=O) groups is 3. The van der Waals surface area contributed by atoms with E-state index >= 15 is 0 Å². The van der Waals surface area contributed by atoms with Crippen LogP contribution in [0.5, 0.6) is 0 Å². The van der Waals surface area contributed by atoms with E-state index in [1.807, 2.05) is 6.07 Å². The number of rotatable bonds is 4. The molecule has 1 aromatic carbocycles. The lowest BCUT2D eigenvalue weighted by Gasteiger charge is -2.43. The Balaban J connectivity index is 1.64. The summed E-state index contributed by atoms with van der Waals surface area (Å²) in [4.78, 5) is 38.6. The van der Waals surface area contributed by atoms with Crippen molar-refractivity contribution in [2.24, 2.45) is 11.3 Å². The maximum atomic E-state index is 13.0. The number of esters is 1. The fraction of sp³-hybridized carbons (Fsp3) is 0.524. The topological polar surface area (TPSA) is 99.5 Å². The summed E-state index contributed by atoms with van der Waals surface area (Å²) in [6, 6.07) is 8.20. The number of imide groups is 1. The minimum atomic E-state index is -0.931. The highest BCUT2D eigenvalue weighted by atomic mass is 16.5. The van der Waals surface area contributed by atoms with E-state index in [1.165, 1.54) is 0 Å². The van der Waals surface area contributed by atoms with Gasteiger partial charge in [0.1, 0.15) is 18.7 Å². The first-order valence-electron chi connectivity index (χ1n) is 9.43. The third-order valence-electron chi connectivity index (χ3n) is 5.37. The number of nitriles is 1. The van der Waals surface area contributed by atoms with Gasteiger partial charge >= 0.3 is 12.0 Å². The van der Waals surface area contributed by atoms with E-state index in [2.05, 4.69) is 26.1 Å². The predicted octanol–water partition coefficient (Wildman–Crippen LogP) is 2.74. The second-order valence-electron chi connectivity index (χ2n) is 8.73. The van der Waals surface area contributed by atoms with Crippen LogP contribution in [0, 0.1) is 22.7 Å². The Labute approximate surface area is 164 Å². The van der Waals surface area contributed by atoms with Crippen LogP contribution < -0.4 is 5.32 Å². The molecule has 1 saturated heterocycles. The first-order valence-corrected chi connectivity index (χ1v) is 9.43. The lowest BCUT2D eigenvalue weighted by molar-refractivity contribution is -0.149. The smallest absolute Gasteiger partial charge is 0.326 e. The van der Waals surface area contributed by atoms with Crippen molar-refractivity contribution in [3.05, 3.63) is 35.4 Å². The van der Waals surface area contributed by atoms with Crippen molar-refractivity contribution in [1.82, 2.24) is 10.2 Å². The van der Waals surface area contributed by atoms with Crippen LogP contribution in [0.4, 0.5) is 4.79 Å². The molecule has 1 N–H and O–H groups in total. The van der Waals surface area contributed by atoms with Crippen LogP contribution in [-0.4, -0.2) is 34.9 Å². The third-order valence-corrected chi connectivity index (χ3v) is 5.37. The highest BCUT2D eigenvalue weighted by Gasteiger charge is 2.56. The van der Waals surface area contributed by atoms with Crippen molar-refractivity contribution in [3.8, 4) is 6.07 Å². The van der Waals surface area contributed by atoms with Gasteiger partial charge < -0.3 is 10.1 Å². The zero-order chi connectivity index (χ0) is 20.5. The van der Waals surface area contributed by atoms with Gasteiger partial charge in [0.2, 0.25) is 0 Å². The van der Waals surface area contributed by atoms with E-state index < -0.39 is 24.1 Å². The quantitative estimate of drug-likeness (QED) is 0.637. The van der Waals surface area contributed by atoms with Crippen LogP contribution in [0.3, 0.4) is 0 Å². The van der Waals surface area contributed by atoms with Gasteiger partial charge in [0.05, 0.1) is 11.6 Å². The zero-order valence-corrected chi connectivity index (χ0v) is 16.4. The Morgan fingerprint density at radius 1 is 1.36 bits per heavy atom. The van der Waals surface area contributed by atoms with Gasteiger partial charge in [-0.3, -0.25) is 14.5 Å². The summed E-state index contributed by atoms with van der Waals surface area (Å²) in [5.74, 6) is -0.709. The lowest BCUT2D eigenvalue weighted by Crippen LogP contribution is -2.54. The molecule has 0 radical (unpaired) electrons. The van der Waals surface area contributed by atoms with Gasteiger partial charge in [0, 0.05) is 0 Å². The van der Waals surface area contributed by atoms with Gasteiger partial charge in [0.15, 0.2) is 0 Å². The number of carbonyl (C=O) groups excluding carboxylic acids is 3. The molecular weight excluding hydrogens is 358 g/mol. The summed E-state index contributed by atoms with van der Waals surface area (Å²) in [5, 5.41) is 11.8. The van der Waals surface area contributed by atoms with Crippen molar-refractivity contribution in [1.29, 1.82) is 5.26 Å². The summed E-state index contributed by atoms with van der Waals surface area (Å²) in [7, 11) is 0. The fourth-order valence-electron chi connectivity index (χ4n) is 4.72. The highest BCUT2D eigenvalue weighted by molar-refractivity contribution is 6.08. The van der Waals surface area contributed by atoms with Crippen LogP contribution in [-0.2, 0) is 20.9 Å². The number of amides is 3. The van der Waals surface area contributed by atoms with Gasteiger partial charge in [-0.1, -0.05) is 32.9 Å². The summed E-state index contributed by atoms with van der Waals surface area (Å²) in [5.41, 5.74) is 0.144. The van der Waals surface area contributed by atoms with Crippen LogP contribution in [0.1, 0.15) is 51.2 Å². The maximum absolute atomic E-state index is 13.0. The van der Waals surface area contributed by atoms with Gasteiger partial charge in [-0.15, -0.1) is 0 Å². The molecule has 0 unspecified atom stereocenters. The average Bonchev–Trinajstić information content (AvgIpc) is 2.81. The molecule has 0 bridgehead atoms. The fourth-order valence-corrected chi connectivity index (χ4v) is 4.72. The Hall–Kier alpha value is -2.88. The molecule has 1 aliphatic carbocycles. The van der Waals surface area contributed by atoms with E-state index in [0.29, 0.717) is 29.9 Å². The first kappa shape index (κ1) is 19.9. The second kappa shape index (κ2) is 7.27. The predicted molar refractivity (Wildman–Crippen MR) is 101 cm³/mol. The number of nitrogens with zero attached hydrogens (tertiary/aromatic N) is 2. The molecule has 7 heteroatoms. The van der Waals surface area contributed by atoms with Gasteiger partial charge in [-0.05, 0) is 48.3 Å². The molecule has 3 amide bonds. The Bertz CT molecular complexity index is 857. The third kappa shape index (κ3) is 4.01. The van der Waals surface area contributed by atoms with Crippen molar-refractivity contribution >= 4 is 17.9 Å². The van der Waals surface area contributed by atoms with Crippen molar-refractivity contribution in [3.63, 3.8) is 0 Å². The molecule has 28 heavy (non-hydrogen) atoms. The number of hydrogen-bond acceptors (Lipinski definition) is 5. The minimum Gasteiger partial charge on any atom is -0.459 e. The van der Waals surface area contributed by atoms with E-state index in [-0.39, 0.29) is 17.9 Å². The first-order chi connectivity index (χ1) is 13.1. The molecule has 1 aliphatic heterocycles. The van der Waals surface area contributed by atoms with E-state index in [1.54, 1.807) is 24.3 Å². The largest absolute Gasteiger partial charge is 0.459 e. The molecule has 1 spiro atoms. The number of benzene rings is 1. The Morgan fingerprint density at radius 2 is 2.11 bits per heavy atom. The Kier molecular flexibility index (Phi) is 5.16. The van der Waals surface area contributed by atoms with Crippen LogP contribution in [0.2, 0.25) is 0 Å². The molecule has 1 heterocycles. The minimum absolute atomic E-state index is 0.0206. The van der Waals surface area contributed by atoms with E-state index in [0.717, 1.165) is 11.3 Å². The molecule has 7 nitrogen and oxygen atoms in total. The molecule has 148 valence electrons.